The largest absolute Gasteiger partial charge is 0.480 e. The van der Waals surface area contributed by atoms with E-state index in [0.717, 1.165) is 19.4 Å². The van der Waals surface area contributed by atoms with Gasteiger partial charge in [0.1, 0.15) is 0 Å². The molecule has 0 aromatic heterocycles. The zero-order valence-electron chi connectivity index (χ0n) is 13.7. The van der Waals surface area contributed by atoms with Crippen molar-refractivity contribution in [3.8, 4) is 0 Å². The fraction of sp³-hybridized carbons (Fsp3) is 0.867. The molecule has 0 spiro atoms. The van der Waals surface area contributed by atoms with Gasteiger partial charge in [-0.1, -0.05) is 20.8 Å². The van der Waals surface area contributed by atoms with Crippen molar-refractivity contribution in [2.45, 2.75) is 46.1 Å². The number of hydrogen-bond acceptors (Lipinski definition) is 4. The fourth-order valence-corrected chi connectivity index (χ4v) is 2.46. The molecule has 1 aliphatic heterocycles. The molecule has 0 aromatic carbocycles. The van der Waals surface area contributed by atoms with E-state index in [1.165, 1.54) is 0 Å². The van der Waals surface area contributed by atoms with Gasteiger partial charge in [0.25, 0.3) is 0 Å². The molecule has 3 N–H and O–H groups in total. The van der Waals surface area contributed by atoms with E-state index in [1.807, 2.05) is 6.92 Å². The number of aliphatic carboxylic acids is 1. The number of amides is 1. The number of hydrogen-bond donors (Lipinski definition) is 3. The Hall–Kier alpha value is -1.14. The maximum atomic E-state index is 11.9. The third kappa shape index (κ3) is 7.43. The number of likely N-dealkylation sites (tertiary alicyclic amines) is 1. The Kier molecular flexibility index (Phi) is 6.16. The maximum Gasteiger partial charge on any atom is 0.317 e. The minimum Gasteiger partial charge on any atom is -0.480 e. The van der Waals surface area contributed by atoms with Crippen LogP contribution in [-0.2, 0) is 9.59 Å². The van der Waals surface area contributed by atoms with E-state index >= 15 is 0 Å². The normalized spacial score (nSPS) is 23.2. The monoisotopic (exact) mass is 299 g/mol. The molecule has 122 valence electrons. The lowest BCUT2D eigenvalue weighted by Crippen LogP contribution is -2.47. The van der Waals surface area contributed by atoms with Crippen molar-refractivity contribution in [1.29, 1.82) is 0 Å². The molecule has 0 saturated carbocycles. The third-order valence-corrected chi connectivity index (χ3v) is 3.78. The van der Waals surface area contributed by atoms with E-state index in [4.69, 9.17) is 5.11 Å². The van der Waals surface area contributed by atoms with Gasteiger partial charge in [0, 0.05) is 25.2 Å². The zero-order chi connectivity index (χ0) is 16.1. The molecule has 0 bridgehead atoms. The predicted octanol–water partition coefficient (Wildman–Crippen LogP) is 0.677. The van der Waals surface area contributed by atoms with Crippen LogP contribution in [0.25, 0.3) is 0 Å². The van der Waals surface area contributed by atoms with Crippen molar-refractivity contribution in [2.75, 3.05) is 32.7 Å². The summed E-state index contributed by atoms with van der Waals surface area (Å²) in [7, 11) is 0. The molecule has 1 rings (SSSR count). The average Bonchev–Trinajstić information content (AvgIpc) is 2.67. The van der Waals surface area contributed by atoms with Crippen molar-refractivity contribution < 1.29 is 14.7 Å². The van der Waals surface area contributed by atoms with Crippen LogP contribution in [0, 0.1) is 5.41 Å². The second kappa shape index (κ2) is 7.22. The quantitative estimate of drug-likeness (QED) is 0.644. The van der Waals surface area contributed by atoms with Crippen molar-refractivity contribution in [2.24, 2.45) is 5.41 Å². The average molecular weight is 299 g/mol. The molecule has 6 heteroatoms. The molecular formula is C15H29N3O3. The Morgan fingerprint density at radius 1 is 1.33 bits per heavy atom. The van der Waals surface area contributed by atoms with Crippen molar-refractivity contribution in [3.63, 3.8) is 0 Å². The SMILES string of the molecule is CC(C)(C)CCNC(=O)CN1CCC(C)(NCC(=O)O)C1. The Bertz CT molecular complexity index is 379. The molecule has 1 saturated heterocycles. The summed E-state index contributed by atoms with van der Waals surface area (Å²) in [4.78, 5) is 24.6. The first-order valence-corrected chi connectivity index (χ1v) is 7.56. The van der Waals surface area contributed by atoms with Crippen LogP contribution in [0.15, 0.2) is 0 Å². The topological polar surface area (TPSA) is 81.7 Å². The smallest absolute Gasteiger partial charge is 0.317 e. The molecule has 1 amide bonds. The number of carboxylic acid groups (broad SMARTS) is 1. The highest BCUT2D eigenvalue weighted by Gasteiger charge is 2.34. The lowest BCUT2D eigenvalue weighted by molar-refractivity contribution is -0.136. The lowest BCUT2D eigenvalue weighted by atomic mass is 9.92. The molecule has 1 unspecified atom stereocenters. The summed E-state index contributed by atoms with van der Waals surface area (Å²) in [6.45, 7) is 11.0. The van der Waals surface area contributed by atoms with E-state index in [-0.39, 0.29) is 23.4 Å². The van der Waals surface area contributed by atoms with Crippen molar-refractivity contribution in [1.82, 2.24) is 15.5 Å². The first kappa shape index (κ1) is 17.9. The molecule has 21 heavy (non-hydrogen) atoms. The first-order chi connectivity index (χ1) is 9.60. The van der Waals surface area contributed by atoms with Crippen LogP contribution >= 0.6 is 0 Å². The molecular weight excluding hydrogens is 270 g/mol. The standard InChI is InChI=1S/C15H29N3O3/c1-14(2,3)5-7-16-12(19)10-18-8-6-15(4,11-18)17-9-13(20)21/h17H,5-11H2,1-4H3,(H,16,19)(H,20,21). The lowest BCUT2D eigenvalue weighted by Gasteiger charge is -2.25. The number of carbonyl (C=O) groups is 2. The van der Waals surface area contributed by atoms with Crippen LogP contribution < -0.4 is 10.6 Å². The van der Waals surface area contributed by atoms with Gasteiger partial charge in [0.05, 0.1) is 13.1 Å². The Labute approximate surface area is 127 Å². The molecule has 6 nitrogen and oxygen atoms in total. The number of nitrogens with one attached hydrogen (secondary N) is 2. The van der Waals surface area contributed by atoms with Crippen LogP contribution in [-0.4, -0.2) is 60.1 Å². The highest BCUT2D eigenvalue weighted by atomic mass is 16.4. The molecule has 1 heterocycles. The summed E-state index contributed by atoms with van der Waals surface area (Å²) in [6.07, 6.45) is 1.81. The van der Waals surface area contributed by atoms with Gasteiger partial charge in [0.15, 0.2) is 0 Å². The van der Waals surface area contributed by atoms with Gasteiger partial charge in [-0.05, 0) is 25.2 Å². The van der Waals surface area contributed by atoms with E-state index < -0.39 is 5.97 Å². The summed E-state index contributed by atoms with van der Waals surface area (Å²) in [5, 5.41) is 14.7. The molecule has 1 atom stereocenters. The predicted molar refractivity (Wildman–Crippen MR) is 82.2 cm³/mol. The summed E-state index contributed by atoms with van der Waals surface area (Å²) in [5.74, 6) is -0.809. The van der Waals surface area contributed by atoms with Gasteiger partial charge in [0.2, 0.25) is 5.91 Å². The highest BCUT2D eigenvalue weighted by Crippen LogP contribution is 2.20. The molecule has 0 aromatic rings. The second-order valence-electron chi connectivity index (χ2n) is 7.43. The van der Waals surface area contributed by atoms with Gasteiger partial charge in [-0.2, -0.15) is 0 Å². The molecule has 0 radical (unpaired) electrons. The first-order valence-electron chi connectivity index (χ1n) is 7.56. The minimum atomic E-state index is -0.852. The van der Waals surface area contributed by atoms with Gasteiger partial charge >= 0.3 is 5.97 Å². The van der Waals surface area contributed by atoms with Gasteiger partial charge < -0.3 is 15.7 Å². The summed E-state index contributed by atoms with van der Waals surface area (Å²) < 4.78 is 0. The molecule has 0 aliphatic carbocycles. The van der Waals surface area contributed by atoms with E-state index in [9.17, 15) is 9.59 Å². The minimum absolute atomic E-state index is 0.0396. The Balaban J connectivity index is 2.27. The Morgan fingerprint density at radius 2 is 2.00 bits per heavy atom. The van der Waals surface area contributed by atoms with Crippen LogP contribution in [0.4, 0.5) is 0 Å². The maximum absolute atomic E-state index is 11.9. The second-order valence-corrected chi connectivity index (χ2v) is 7.43. The van der Waals surface area contributed by atoms with Crippen LogP contribution in [0.2, 0.25) is 0 Å². The number of nitrogens with zero attached hydrogens (tertiary/aromatic N) is 1. The van der Waals surface area contributed by atoms with E-state index in [1.54, 1.807) is 0 Å². The molecule has 1 aliphatic rings. The number of carbonyl (C=O) groups excluding carboxylic acids is 1. The van der Waals surface area contributed by atoms with Gasteiger partial charge in [-0.15, -0.1) is 0 Å². The van der Waals surface area contributed by atoms with Crippen molar-refractivity contribution in [3.05, 3.63) is 0 Å². The number of carboxylic acids is 1. The number of rotatable bonds is 7. The Morgan fingerprint density at radius 3 is 2.57 bits per heavy atom. The van der Waals surface area contributed by atoms with Gasteiger partial charge in [-0.25, -0.2) is 0 Å². The van der Waals surface area contributed by atoms with Crippen LogP contribution in [0.3, 0.4) is 0 Å². The fourth-order valence-electron chi connectivity index (χ4n) is 2.46. The highest BCUT2D eigenvalue weighted by molar-refractivity contribution is 5.78. The van der Waals surface area contributed by atoms with E-state index in [0.29, 0.717) is 19.6 Å². The summed E-state index contributed by atoms with van der Waals surface area (Å²) in [6, 6.07) is 0. The van der Waals surface area contributed by atoms with Crippen molar-refractivity contribution >= 4 is 11.9 Å². The van der Waals surface area contributed by atoms with Crippen LogP contribution in [0.1, 0.15) is 40.5 Å². The van der Waals surface area contributed by atoms with Gasteiger partial charge in [-0.3, -0.25) is 14.5 Å². The van der Waals surface area contributed by atoms with E-state index in [2.05, 4.69) is 36.3 Å². The third-order valence-electron chi connectivity index (χ3n) is 3.78. The summed E-state index contributed by atoms with van der Waals surface area (Å²) in [5.41, 5.74) is 0.00429. The zero-order valence-corrected chi connectivity index (χ0v) is 13.7. The molecule has 1 fully saturated rings. The van der Waals surface area contributed by atoms with Crippen LogP contribution in [0.5, 0.6) is 0 Å². The summed E-state index contributed by atoms with van der Waals surface area (Å²) >= 11 is 0.